The molecule has 0 amide bonds. The van der Waals surface area contributed by atoms with E-state index in [-0.39, 0.29) is 39.2 Å². The quantitative estimate of drug-likeness (QED) is 0.140. The maximum absolute atomic E-state index is 2.70. The summed E-state index contributed by atoms with van der Waals surface area (Å²) in [5, 5.41) is 0. The van der Waals surface area contributed by atoms with Crippen molar-refractivity contribution < 1.29 is 0 Å². The number of rotatable bonds is 8. The molecule has 2 heterocycles. The minimum Gasteiger partial charge on any atom is -0.311 e. The van der Waals surface area contributed by atoms with Crippen molar-refractivity contribution in [3.8, 4) is 22.3 Å². The smallest absolute Gasteiger partial charge is 0.252 e. The van der Waals surface area contributed by atoms with Crippen LogP contribution in [0.2, 0.25) is 0 Å². The molecule has 0 saturated carbocycles. The summed E-state index contributed by atoms with van der Waals surface area (Å²) in [6, 6.07) is 75.2. The van der Waals surface area contributed by atoms with Crippen LogP contribution in [-0.4, -0.2) is 6.71 Å². The highest BCUT2D eigenvalue weighted by molar-refractivity contribution is 7.00. The Hall–Kier alpha value is -7.36. The lowest BCUT2D eigenvalue weighted by Gasteiger charge is -2.48. The number of hydrogen-bond donors (Lipinski definition) is 0. The number of aryl methyl sites for hydroxylation is 1. The summed E-state index contributed by atoms with van der Waals surface area (Å²) in [5.41, 5.74) is 28.1. The Balaban J connectivity index is 1.13. The summed E-state index contributed by atoms with van der Waals surface area (Å²) in [4.78, 5) is 5.30. The van der Waals surface area contributed by atoms with Gasteiger partial charge in [-0.3, -0.25) is 0 Å². The van der Waals surface area contributed by atoms with Gasteiger partial charge < -0.3 is 9.80 Å². The highest BCUT2D eigenvalue weighted by Crippen LogP contribution is 2.52. The molecular formula is C77H81BN2. The van der Waals surface area contributed by atoms with Crippen molar-refractivity contribution >= 4 is 57.2 Å². The van der Waals surface area contributed by atoms with Crippen LogP contribution in [0.4, 0.5) is 34.1 Å². The van der Waals surface area contributed by atoms with Gasteiger partial charge in [-0.25, -0.2) is 0 Å². The average molecular weight is 1050 g/mol. The minimum absolute atomic E-state index is 0.00117. The Labute approximate surface area is 480 Å². The van der Waals surface area contributed by atoms with Crippen molar-refractivity contribution in [1.29, 1.82) is 0 Å². The molecule has 0 radical (unpaired) electrons. The van der Waals surface area contributed by atoms with Gasteiger partial charge in [-0.1, -0.05) is 243 Å². The van der Waals surface area contributed by atoms with Crippen LogP contribution in [0.1, 0.15) is 160 Å². The molecule has 2 aliphatic heterocycles. The van der Waals surface area contributed by atoms with Crippen LogP contribution in [0.15, 0.2) is 194 Å². The van der Waals surface area contributed by atoms with E-state index < -0.39 is 0 Å². The van der Waals surface area contributed by atoms with Gasteiger partial charge in [0.05, 0.1) is 5.69 Å². The molecule has 80 heavy (non-hydrogen) atoms. The first-order valence-electron chi connectivity index (χ1n) is 29.5. The molecule has 0 fully saturated rings. The summed E-state index contributed by atoms with van der Waals surface area (Å²) in [6.07, 6.45) is 2.29. The lowest BCUT2D eigenvalue weighted by atomic mass is 9.33. The van der Waals surface area contributed by atoms with Crippen LogP contribution in [0.25, 0.3) is 22.3 Å². The first kappa shape index (κ1) is 53.3. The standard InChI is InChI=1S/C77H81BN2/c1-50-44-69-71-70(45-50)80(66-40-36-58(73(5,6)7)46-61(66)53-28-26-51(27-29-53)52-30-32-54(33-31-52)72(2,3)4)68-49-63-62(74(8,9)42-43-75(63,10)11)48-65(68)78(71)64-47-59(77(14,15)56-24-20-17-21-25-56)37-41-67(64)79(69)60-38-34-57(35-39-60)76(12,13)55-22-18-16-19-23-55/h16-41,44-49H,42-43H2,1-15H3. The molecule has 402 valence electrons. The number of fused-ring (bicyclic) bond motifs is 5. The zero-order valence-electron chi connectivity index (χ0n) is 50.4. The molecule has 0 aromatic heterocycles. The number of anilines is 6. The third-order valence-corrected chi connectivity index (χ3v) is 19.1. The Kier molecular flexibility index (Phi) is 12.6. The van der Waals surface area contributed by atoms with E-state index in [2.05, 4.69) is 308 Å². The van der Waals surface area contributed by atoms with Gasteiger partial charge in [-0.05, 0) is 173 Å². The van der Waals surface area contributed by atoms with E-state index >= 15 is 0 Å². The summed E-state index contributed by atoms with van der Waals surface area (Å²) in [5.74, 6) is 0. The highest BCUT2D eigenvalue weighted by Gasteiger charge is 2.47. The molecule has 0 atom stereocenters. The molecule has 9 aromatic carbocycles. The van der Waals surface area contributed by atoms with Gasteiger partial charge in [0, 0.05) is 44.8 Å². The second-order valence-electron chi connectivity index (χ2n) is 28.2. The second kappa shape index (κ2) is 18.9. The van der Waals surface area contributed by atoms with Crippen molar-refractivity contribution in [3.63, 3.8) is 0 Å². The van der Waals surface area contributed by atoms with Gasteiger partial charge in [-0.2, -0.15) is 0 Å². The summed E-state index contributed by atoms with van der Waals surface area (Å²) in [7, 11) is 0. The van der Waals surface area contributed by atoms with Crippen molar-refractivity contribution in [1.82, 2.24) is 0 Å². The molecule has 0 bridgehead atoms. The predicted molar refractivity (Wildman–Crippen MR) is 346 cm³/mol. The normalized spacial score (nSPS) is 15.5. The van der Waals surface area contributed by atoms with Crippen LogP contribution in [-0.2, 0) is 32.5 Å². The molecule has 9 aromatic rings. The van der Waals surface area contributed by atoms with Crippen molar-refractivity contribution in [3.05, 3.63) is 244 Å². The summed E-state index contributed by atoms with van der Waals surface area (Å²) in [6.45, 7) is 35.6. The first-order valence-corrected chi connectivity index (χ1v) is 29.5. The van der Waals surface area contributed by atoms with Crippen LogP contribution in [0.3, 0.4) is 0 Å². The molecule has 12 rings (SSSR count). The molecule has 0 unspecified atom stereocenters. The molecular weight excluding hydrogens is 964 g/mol. The van der Waals surface area contributed by atoms with E-state index in [9.17, 15) is 0 Å². The zero-order chi connectivity index (χ0) is 56.5. The summed E-state index contributed by atoms with van der Waals surface area (Å²) < 4.78 is 0. The van der Waals surface area contributed by atoms with E-state index in [4.69, 9.17) is 0 Å². The van der Waals surface area contributed by atoms with E-state index in [0.29, 0.717) is 0 Å². The van der Waals surface area contributed by atoms with E-state index in [1.54, 1.807) is 0 Å². The third-order valence-electron chi connectivity index (χ3n) is 19.1. The fourth-order valence-corrected chi connectivity index (χ4v) is 13.6. The number of hydrogen-bond acceptors (Lipinski definition) is 2. The topological polar surface area (TPSA) is 6.48 Å². The van der Waals surface area contributed by atoms with Gasteiger partial charge in [0.15, 0.2) is 0 Å². The van der Waals surface area contributed by atoms with Crippen LogP contribution >= 0.6 is 0 Å². The largest absolute Gasteiger partial charge is 0.311 e. The third kappa shape index (κ3) is 8.95. The zero-order valence-corrected chi connectivity index (χ0v) is 50.4. The van der Waals surface area contributed by atoms with Crippen LogP contribution in [0.5, 0.6) is 0 Å². The molecule has 1 aliphatic carbocycles. The number of nitrogens with zero attached hydrogens (tertiary/aromatic N) is 2. The fourth-order valence-electron chi connectivity index (χ4n) is 13.6. The maximum Gasteiger partial charge on any atom is 0.252 e. The van der Waals surface area contributed by atoms with Crippen molar-refractivity contribution in [2.24, 2.45) is 0 Å². The Morgan fingerprint density at radius 1 is 0.362 bits per heavy atom. The van der Waals surface area contributed by atoms with Crippen molar-refractivity contribution in [2.45, 2.75) is 149 Å². The molecule has 0 spiro atoms. The SMILES string of the molecule is Cc1cc2c3c(c1)N(c1ccc(C(C)(C)C)cc1-c1ccc(-c4ccc(C(C)(C)C)cc4)cc1)c1cc4c(cc1B3c1cc(C(C)(C)c3ccccc3)ccc1N2c1ccc(C(C)(C)c2ccccc2)cc1)C(C)(C)CCC4(C)C. The molecule has 3 aliphatic rings. The molecule has 2 nitrogen and oxygen atoms in total. The van der Waals surface area contributed by atoms with E-state index in [0.717, 1.165) is 18.5 Å². The molecule has 3 heteroatoms. The minimum atomic E-state index is -0.247. The monoisotopic (exact) mass is 1040 g/mol. The fraction of sp³-hybridized carbons (Fsp3) is 0.299. The predicted octanol–water partition coefficient (Wildman–Crippen LogP) is 19.0. The van der Waals surface area contributed by atoms with Gasteiger partial charge in [-0.15, -0.1) is 0 Å². The summed E-state index contributed by atoms with van der Waals surface area (Å²) >= 11 is 0. The van der Waals surface area contributed by atoms with Gasteiger partial charge in [0.2, 0.25) is 0 Å². The maximum atomic E-state index is 2.70. The molecule has 0 N–H and O–H groups in total. The van der Waals surface area contributed by atoms with Gasteiger partial charge in [0.1, 0.15) is 0 Å². The lowest BCUT2D eigenvalue weighted by molar-refractivity contribution is 0.332. The van der Waals surface area contributed by atoms with Gasteiger partial charge >= 0.3 is 0 Å². The Bertz CT molecular complexity index is 3830. The number of benzene rings is 9. The van der Waals surface area contributed by atoms with Crippen molar-refractivity contribution in [2.75, 3.05) is 9.80 Å². The average Bonchev–Trinajstić information content (AvgIpc) is 3.47. The highest BCUT2D eigenvalue weighted by atomic mass is 15.2. The van der Waals surface area contributed by atoms with E-state index in [1.165, 1.54) is 117 Å². The van der Waals surface area contributed by atoms with Gasteiger partial charge in [0.25, 0.3) is 6.71 Å². The molecule has 0 saturated heterocycles. The Morgan fingerprint density at radius 3 is 1.36 bits per heavy atom. The Morgan fingerprint density at radius 2 is 0.800 bits per heavy atom. The van der Waals surface area contributed by atoms with Crippen LogP contribution < -0.4 is 26.2 Å². The van der Waals surface area contributed by atoms with E-state index in [1.807, 2.05) is 0 Å². The second-order valence-corrected chi connectivity index (χ2v) is 28.2. The first-order chi connectivity index (χ1) is 37.8. The van der Waals surface area contributed by atoms with Crippen LogP contribution in [0, 0.1) is 6.92 Å². The lowest BCUT2D eigenvalue weighted by Crippen LogP contribution is -2.62.